The maximum absolute atomic E-state index is 12.7. The van der Waals surface area contributed by atoms with Gasteiger partial charge in [0.15, 0.2) is 0 Å². The van der Waals surface area contributed by atoms with Gasteiger partial charge in [-0.2, -0.15) is 5.10 Å². The number of nitrogens with one attached hydrogen (secondary N) is 1. The topological polar surface area (TPSA) is 124 Å². The van der Waals surface area contributed by atoms with Crippen LogP contribution in [0.1, 0.15) is 16.1 Å². The van der Waals surface area contributed by atoms with E-state index in [1.807, 2.05) is 0 Å². The Labute approximate surface area is 163 Å². The van der Waals surface area contributed by atoms with Crippen LogP contribution in [-0.2, 0) is 0 Å². The summed E-state index contributed by atoms with van der Waals surface area (Å²) in [4.78, 5) is 39.8. The van der Waals surface area contributed by atoms with E-state index in [4.69, 9.17) is 0 Å². The fraction of sp³-hybridized carbons (Fsp3) is 0.0526. The van der Waals surface area contributed by atoms with Gasteiger partial charge >= 0.3 is 0 Å². The van der Waals surface area contributed by atoms with Gasteiger partial charge in [0.25, 0.3) is 17.2 Å². The zero-order valence-corrected chi connectivity index (χ0v) is 15.1. The van der Waals surface area contributed by atoms with E-state index >= 15 is 0 Å². The molecule has 0 spiro atoms. The minimum atomic E-state index is -0.635. The average Bonchev–Trinajstić information content (AvgIpc) is 3.08. The standard InChI is InChI=1S/C19H14N6O4/c1-12-10-17(24(22-12)13-5-7-14(8-6-13)25(28)29)21-18(26)15-11-20-16-4-2-3-9-23(16)19(15)27/h2-11H,1H3,(H,21,26). The molecule has 0 saturated carbocycles. The normalized spacial score (nSPS) is 10.8. The molecule has 1 amide bonds. The number of carbonyl (C=O) groups is 1. The largest absolute Gasteiger partial charge is 0.306 e. The van der Waals surface area contributed by atoms with Gasteiger partial charge in [-0.1, -0.05) is 6.07 Å². The number of amides is 1. The molecule has 10 heteroatoms. The smallest absolute Gasteiger partial charge is 0.270 e. The van der Waals surface area contributed by atoms with Crippen molar-refractivity contribution in [2.75, 3.05) is 5.32 Å². The number of nitrogens with zero attached hydrogens (tertiary/aromatic N) is 5. The first kappa shape index (κ1) is 18.0. The molecule has 10 nitrogen and oxygen atoms in total. The molecule has 4 rings (SSSR count). The van der Waals surface area contributed by atoms with E-state index in [0.29, 0.717) is 22.8 Å². The fourth-order valence-electron chi connectivity index (χ4n) is 2.87. The first-order valence-corrected chi connectivity index (χ1v) is 8.53. The van der Waals surface area contributed by atoms with E-state index in [1.54, 1.807) is 31.2 Å². The summed E-state index contributed by atoms with van der Waals surface area (Å²) in [6, 6.07) is 12.4. The lowest BCUT2D eigenvalue weighted by atomic mass is 10.3. The fourth-order valence-corrected chi connectivity index (χ4v) is 2.87. The van der Waals surface area contributed by atoms with Gasteiger partial charge in [0.2, 0.25) is 0 Å². The number of aromatic nitrogens is 4. The summed E-state index contributed by atoms with van der Waals surface area (Å²) in [6.07, 6.45) is 2.76. The van der Waals surface area contributed by atoms with Crippen LogP contribution in [0.4, 0.5) is 11.5 Å². The summed E-state index contributed by atoms with van der Waals surface area (Å²) in [6.45, 7) is 1.74. The first-order valence-electron chi connectivity index (χ1n) is 8.53. The summed E-state index contributed by atoms with van der Waals surface area (Å²) >= 11 is 0. The Morgan fingerprint density at radius 3 is 2.66 bits per heavy atom. The van der Waals surface area contributed by atoms with Crippen LogP contribution >= 0.6 is 0 Å². The molecule has 0 bridgehead atoms. The number of pyridine rings is 1. The van der Waals surface area contributed by atoms with Crippen molar-refractivity contribution >= 4 is 23.1 Å². The number of benzene rings is 1. The van der Waals surface area contributed by atoms with Crippen LogP contribution < -0.4 is 10.9 Å². The van der Waals surface area contributed by atoms with Crippen molar-refractivity contribution < 1.29 is 9.72 Å². The van der Waals surface area contributed by atoms with Crippen LogP contribution in [0, 0.1) is 17.0 Å². The molecule has 0 atom stereocenters. The predicted octanol–water partition coefficient (Wildman–Crippen LogP) is 2.35. The molecule has 0 radical (unpaired) electrons. The lowest BCUT2D eigenvalue weighted by Crippen LogP contribution is -2.27. The predicted molar refractivity (Wildman–Crippen MR) is 104 cm³/mol. The van der Waals surface area contributed by atoms with Crippen molar-refractivity contribution in [3.05, 3.63) is 92.7 Å². The number of nitro groups is 1. The van der Waals surface area contributed by atoms with Gasteiger partial charge in [-0.25, -0.2) is 9.67 Å². The minimum Gasteiger partial charge on any atom is -0.306 e. The highest BCUT2D eigenvalue weighted by atomic mass is 16.6. The second kappa shape index (κ2) is 7.00. The van der Waals surface area contributed by atoms with Gasteiger partial charge in [-0.15, -0.1) is 0 Å². The Kier molecular flexibility index (Phi) is 4.36. The maximum Gasteiger partial charge on any atom is 0.270 e. The number of carbonyl (C=O) groups excluding carboxylic acids is 1. The zero-order chi connectivity index (χ0) is 20.5. The Morgan fingerprint density at radius 1 is 1.17 bits per heavy atom. The van der Waals surface area contributed by atoms with E-state index in [-0.39, 0.29) is 11.3 Å². The molecule has 1 N–H and O–H groups in total. The number of rotatable bonds is 4. The molecule has 0 fully saturated rings. The molecule has 3 heterocycles. The Morgan fingerprint density at radius 2 is 1.93 bits per heavy atom. The molecule has 1 aromatic carbocycles. The van der Waals surface area contributed by atoms with Gasteiger partial charge in [0, 0.05) is 30.6 Å². The average molecular weight is 390 g/mol. The molecule has 29 heavy (non-hydrogen) atoms. The number of non-ortho nitro benzene ring substituents is 1. The van der Waals surface area contributed by atoms with E-state index in [9.17, 15) is 19.7 Å². The van der Waals surface area contributed by atoms with Crippen LogP contribution in [0.25, 0.3) is 11.3 Å². The van der Waals surface area contributed by atoms with Crippen LogP contribution in [0.5, 0.6) is 0 Å². The minimum absolute atomic E-state index is 0.0570. The molecular formula is C19H14N6O4. The van der Waals surface area contributed by atoms with Crippen molar-refractivity contribution in [1.29, 1.82) is 0 Å². The van der Waals surface area contributed by atoms with Crippen molar-refractivity contribution in [1.82, 2.24) is 19.2 Å². The second-order valence-corrected chi connectivity index (χ2v) is 6.22. The van der Waals surface area contributed by atoms with Crippen LogP contribution in [0.15, 0.2) is 65.7 Å². The highest BCUT2D eigenvalue weighted by Gasteiger charge is 2.17. The Hall–Kier alpha value is -4.34. The highest BCUT2D eigenvalue weighted by Crippen LogP contribution is 2.20. The van der Waals surface area contributed by atoms with Crippen molar-refractivity contribution in [3.63, 3.8) is 0 Å². The van der Waals surface area contributed by atoms with Gasteiger partial charge in [-0.05, 0) is 31.2 Å². The zero-order valence-electron chi connectivity index (χ0n) is 15.1. The van der Waals surface area contributed by atoms with Gasteiger partial charge in [0.05, 0.1) is 16.3 Å². The summed E-state index contributed by atoms with van der Waals surface area (Å²) in [5, 5.41) is 17.8. The third-order valence-corrected chi connectivity index (χ3v) is 4.24. The Balaban J connectivity index is 1.69. The molecule has 0 saturated heterocycles. The van der Waals surface area contributed by atoms with Crippen molar-refractivity contribution in [3.8, 4) is 5.69 Å². The van der Waals surface area contributed by atoms with Gasteiger partial charge < -0.3 is 5.32 Å². The molecular weight excluding hydrogens is 376 g/mol. The molecule has 0 aliphatic heterocycles. The lowest BCUT2D eigenvalue weighted by Gasteiger charge is -2.09. The van der Waals surface area contributed by atoms with E-state index in [2.05, 4.69) is 15.4 Å². The molecule has 0 aliphatic rings. The van der Waals surface area contributed by atoms with E-state index in [0.717, 1.165) is 0 Å². The van der Waals surface area contributed by atoms with Crippen LogP contribution in [-0.4, -0.2) is 30.0 Å². The lowest BCUT2D eigenvalue weighted by molar-refractivity contribution is -0.384. The maximum atomic E-state index is 12.7. The number of anilines is 1. The van der Waals surface area contributed by atoms with Gasteiger partial charge in [0.1, 0.15) is 17.0 Å². The summed E-state index contributed by atoms with van der Waals surface area (Å²) in [5.74, 6) is -0.317. The van der Waals surface area contributed by atoms with Crippen molar-refractivity contribution in [2.24, 2.45) is 0 Å². The number of nitro benzene ring substituents is 1. The van der Waals surface area contributed by atoms with Crippen LogP contribution in [0.3, 0.4) is 0 Å². The van der Waals surface area contributed by atoms with E-state index < -0.39 is 16.4 Å². The van der Waals surface area contributed by atoms with Crippen LogP contribution in [0.2, 0.25) is 0 Å². The molecule has 3 aromatic heterocycles. The highest BCUT2D eigenvalue weighted by molar-refractivity contribution is 6.03. The number of aryl methyl sites for hydroxylation is 1. The molecule has 4 aromatic rings. The third-order valence-electron chi connectivity index (χ3n) is 4.24. The summed E-state index contributed by atoms with van der Waals surface area (Å²) in [7, 11) is 0. The molecule has 0 aliphatic carbocycles. The van der Waals surface area contributed by atoms with Gasteiger partial charge in [-0.3, -0.25) is 24.1 Å². The van der Waals surface area contributed by atoms with Crippen molar-refractivity contribution in [2.45, 2.75) is 6.92 Å². The molecule has 0 unspecified atom stereocenters. The molecule has 144 valence electrons. The summed E-state index contributed by atoms with van der Waals surface area (Å²) in [5.41, 5.74) is 0.896. The number of hydrogen-bond donors (Lipinski definition) is 1. The van der Waals surface area contributed by atoms with E-state index in [1.165, 1.54) is 45.7 Å². The second-order valence-electron chi connectivity index (χ2n) is 6.22. The quantitative estimate of drug-likeness (QED) is 0.421. The number of hydrogen-bond acceptors (Lipinski definition) is 6. The first-order chi connectivity index (χ1) is 13.9. The third kappa shape index (κ3) is 3.34. The number of fused-ring (bicyclic) bond motifs is 1. The Bertz CT molecular complexity index is 1310. The monoisotopic (exact) mass is 390 g/mol. The SMILES string of the molecule is Cc1cc(NC(=O)c2cnc3ccccn3c2=O)n(-c2ccc([N+](=O)[O-])cc2)n1. The summed E-state index contributed by atoms with van der Waals surface area (Å²) < 4.78 is 2.72.